The van der Waals surface area contributed by atoms with Gasteiger partial charge in [0.25, 0.3) is 5.91 Å². The summed E-state index contributed by atoms with van der Waals surface area (Å²) >= 11 is 6.12. The second-order valence-corrected chi connectivity index (χ2v) is 6.05. The zero-order chi connectivity index (χ0) is 15.1. The van der Waals surface area contributed by atoms with E-state index in [0.29, 0.717) is 29.4 Å². The number of amides is 2. The molecule has 2 atom stereocenters. The van der Waals surface area contributed by atoms with E-state index in [1.165, 1.54) is 0 Å². The molecule has 0 unspecified atom stereocenters. The lowest BCUT2D eigenvalue weighted by molar-refractivity contribution is -0.129. The molecule has 2 heterocycles. The minimum atomic E-state index is -0.135. The van der Waals surface area contributed by atoms with Gasteiger partial charge in [-0.2, -0.15) is 0 Å². The summed E-state index contributed by atoms with van der Waals surface area (Å²) in [5, 5.41) is 0.404. The van der Waals surface area contributed by atoms with Crippen molar-refractivity contribution in [3.63, 3.8) is 0 Å². The van der Waals surface area contributed by atoms with Crippen molar-refractivity contribution in [3.8, 4) is 5.75 Å². The fraction of sp³-hybridized carbons (Fsp3) is 0.467. The smallest absolute Gasteiger partial charge is 0.255 e. The molecular weight excluding hydrogens is 292 g/mol. The SMILES string of the molecule is COc1ccc(Cl)c(C(=O)N2C[C@H]3CN(C)C(=O)[C@H]3C2)c1. The summed E-state index contributed by atoms with van der Waals surface area (Å²) in [4.78, 5) is 28.1. The first-order chi connectivity index (χ1) is 10.0. The molecule has 2 amide bonds. The summed E-state index contributed by atoms with van der Waals surface area (Å²) in [7, 11) is 3.36. The van der Waals surface area contributed by atoms with Crippen LogP contribution in [0.1, 0.15) is 10.4 Å². The summed E-state index contributed by atoms with van der Waals surface area (Å²) in [6.45, 7) is 1.80. The number of fused-ring (bicyclic) bond motifs is 1. The summed E-state index contributed by atoms with van der Waals surface area (Å²) < 4.78 is 5.14. The monoisotopic (exact) mass is 308 g/mol. The number of hydrogen-bond acceptors (Lipinski definition) is 3. The minimum absolute atomic E-state index is 0.0664. The van der Waals surface area contributed by atoms with E-state index < -0.39 is 0 Å². The molecule has 2 saturated heterocycles. The molecule has 0 N–H and O–H groups in total. The van der Waals surface area contributed by atoms with E-state index in [1.54, 1.807) is 35.1 Å². The molecule has 2 fully saturated rings. The Morgan fingerprint density at radius 2 is 2.10 bits per heavy atom. The van der Waals surface area contributed by atoms with Crippen LogP contribution in [0.5, 0.6) is 5.75 Å². The highest BCUT2D eigenvalue weighted by Gasteiger charge is 2.46. The van der Waals surface area contributed by atoms with Gasteiger partial charge in [-0.15, -0.1) is 0 Å². The highest BCUT2D eigenvalue weighted by molar-refractivity contribution is 6.33. The number of likely N-dealkylation sites (tertiary alicyclic amines) is 2. The van der Waals surface area contributed by atoms with Gasteiger partial charge in [0, 0.05) is 32.6 Å². The van der Waals surface area contributed by atoms with E-state index in [1.807, 2.05) is 7.05 Å². The Hall–Kier alpha value is -1.75. The third-order valence-electron chi connectivity index (χ3n) is 4.33. The average Bonchev–Trinajstić information content (AvgIpc) is 2.99. The maximum Gasteiger partial charge on any atom is 0.255 e. The molecule has 1 aromatic carbocycles. The van der Waals surface area contributed by atoms with E-state index in [0.717, 1.165) is 6.54 Å². The van der Waals surface area contributed by atoms with Crippen molar-refractivity contribution in [2.45, 2.75) is 0 Å². The third kappa shape index (κ3) is 2.35. The van der Waals surface area contributed by atoms with Crippen LogP contribution in [0, 0.1) is 11.8 Å². The van der Waals surface area contributed by atoms with Crippen LogP contribution in [0.4, 0.5) is 0 Å². The molecule has 0 radical (unpaired) electrons. The van der Waals surface area contributed by atoms with Gasteiger partial charge in [-0.1, -0.05) is 11.6 Å². The topological polar surface area (TPSA) is 49.9 Å². The van der Waals surface area contributed by atoms with Gasteiger partial charge >= 0.3 is 0 Å². The first-order valence-corrected chi connectivity index (χ1v) is 7.27. The van der Waals surface area contributed by atoms with Crippen molar-refractivity contribution in [1.82, 2.24) is 9.80 Å². The lowest BCUT2D eigenvalue weighted by Gasteiger charge is -2.20. The molecule has 0 aromatic heterocycles. The van der Waals surface area contributed by atoms with E-state index >= 15 is 0 Å². The van der Waals surface area contributed by atoms with Crippen LogP contribution in [0.25, 0.3) is 0 Å². The molecular formula is C15H17ClN2O3. The van der Waals surface area contributed by atoms with Crippen molar-refractivity contribution >= 4 is 23.4 Å². The predicted octanol–water partition coefficient (Wildman–Crippen LogP) is 1.51. The molecule has 0 bridgehead atoms. The molecule has 0 spiro atoms. The Morgan fingerprint density at radius 3 is 2.76 bits per heavy atom. The summed E-state index contributed by atoms with van der Waals surface area (Å²) in [5.41, 5.74) is 0.428. The lowest BCUT2D eigenvalue weighted by atomic mass is 10.0. The molecule has 5 nitrogen and oxygen atoms in total. The number of nitrogens with zero attached hydrogens (tertiary/aromatic N) is 2. The Kier molecular flexibility index (Phi) is 3.53. The highest BCUT2D eigenvalue weighted by Crippen LogP contribution is 2.33. The Labute approximate surface area is 128 Å². The van der Waals surface area contributed by atoms with Crippen LogP contribution in [-0.4, -0.2) is 55.4 Å². The number of hydrogen-bond donors (Lipinski definition) is 0. The van der Waals surface area contributed by atoms with E-state index in [9.17, 15) is 9.59 Å². The zero-order valence-electron chi connectivity index (χ0n) is 12.0. The predicted molar refractivity (Wildman–Crippen MR) is 78.5 cm³/mol. The van der Waals surface area contributed by atoms with Gasteiger partial charge in [0.15, 0.2) is 0 Å². The van der Waals surface area contributed by atoms with E-state index in [-0.39, 0.29) is 23.7 Å². The Morgan fingerprint density at radius 1 is 1.33 bits per heavy atom. The van der Waals surface area contributed by atoms with Crippen LogP contribution in [0.15, 0.2) is 18.2 Å². The number of methoxy groups -OCH3 is 1. The van der Waals surface area contributed by atoms with Gasteiger partial charge in [0.1, 0.15) is 5.75 Å². The first kappa shape index (κ1) is 14.2. The molecule has 3 rings (SSSR count). The molecule has 6 heteroatoms. The number of benzene rings is 1. The van der Waals surface area contributed by atoms with E-state index in [2.05, 4.69) is 0 Å². The third-order valence-corrected chi connectivity index (χ3v) is 4.66. The second-order valence-electron chi connectivity index (χ2n) is 5.64. The molecule has 0 aliphatic carbocycles. The molecule has 0 saturated carbocycles. The van der Waals surface area contributed by atoms with Gasteiger partial charge in [0.05, 0.1) is 23.6 Å². The average molecular weight is 309 g/mol. The molecule has 2 aliphatic heterocycles. The van der Waals surface area contributed by atoms with Crippen molar-refractivity contribution in [3.05, 3.63) is 28.8 Å². The minimum Gasteiger partial charge on any atom is -0.497 e. The molecule has 2 aliphatic rings. The van der Waals surface area contributed by atoms with Gasteiger partial charge in [0.2, 0.25) is 5.91 Å². The zero-order valence-corrected chi connectivity index (χ0v) is 12.8. The molecule has 21 heavy (non-hydrogen) atoms. The maximum atomic E-state index is 12.6. The van der Waals surface area contributed by atoms with Gasteiger partial charge in [-0.25, -0.2) is 0 Å². The van der Waals surface area contributed by atoms with Gasteiger partial charge < -0.3 is 14.5 Å². The molecule has 112 valence electrons. The highest BCUT2D eigenvalue weighted by atomic mass is 35.5. The normalized spacial score (nSPS) is 24.4. The quantitative estimate of drug-likeness (QED) is 0.832. The van der Waals surface area contributed by atoms with Gasteiger partial charge in [-0.3, -0.25) is 9.59 Å². The fourth-order valence-corrected chi connectivity index (χ4v) is 3.39. The summed E-state index contributed by atoms with van der Waals surface area (Å²) in [5.74, 6) is 0.757. The molecule has 1 aromatic rings. The van der Waals surface area contributed by atoms with Crippen LogP contribution in [0.2, 0.25) is 5.02 Å². The number of carbonyl (C=O) groups excluding carboxylic acids is 2. The standard InChI is InChI=1S/C15H17ClN2O3/c1-17-6-9-7-18(8-12(9)14(17)19)15(20)11-5-10(21-2)3-4-13(11)16/h3-5,9,12H,6-8H2,1-2H3/t9-,12+/m1/s1. The fourth-order valence-electron chi connectivity index (χ4n) is 3.19. The Balaban J connectivity index is 1.80. The van der Waals surface area contributed by atoms with Crippen molar-refractivity contribution < 1.29 is 14.3 Å². The maximum absolute atomic E-state index is 12.6. The van der Waals surface area contributed by atoms with Gasteiger partial charge in [-0.05, 0) is 18.2 Å². The second kappa shape index (κ2) is 5.22. The van der Waals surface area contributed by atoms with Crippen molar-refractivity contribution in [1.29, 1.82) is 0 Å². The lowest BCUT2D eigenvalue weighted by Crippen LogP contribution is -2.34. The summed E-state index contributed by atoms with van der Waals surface area (Å²) in [6, 6.07) is 5.02. The Bertz CT molecular complexity index is 605. The first-order valence-electron chi connectivity index (χ1n) is 6.89. The number of carbonyl (C=O) groups is 2. The number of rotatable bonds is 2. The van der Waals surface area contributed by atoms with Crippen LogP contribution < -0.4 is 4.74 Å². The number of halogens is 1. The number of ether oxygens (including phenoxy) is 1. The van der Waals surface area contributed by atoms with Crippen molar-refractivity contribution in [2.24, 2.45) is 11.8 Å². The van der Waals surface area contributed by atoms with E-state index in [4.69, 9.17) is 16.3 Å². The van der Waals surface area contributed by atoms with Crippen LogP contribution in [-0.2, 0) is 4.79 Å². The van der Waals surface area contributed by atoms with Crippen LogP contribution in [0.3, 0.4) is 0 Å². The summed E-state index contributed by atoms with van der Waals surface area (Å²) in [6.07, 6.45) is 0. The van der Waals surface area contributed by atoms with Crippen molar-refractivity contribution in [2.75, 3.05) is 33.8 Å². The largest absolute Gasteiger partial charge is 0.497 e. The van der Waals surface area contributed by atoms with Crippen LogP contribution >= 0.6 is 11.6 Å².